The molecule has 0 aliphatic heterocycles. The first-order valence-electron chi connectivity index (χ1n) is 8.63. The van der Waals surface area contributed by atoms with E-state index in [-0.39, 0.29) is 19.0 Å². The van der Waals surface area contributed by atoms with Crippen LogP contribution in [0.15, 0.2) is 24.3 Å². The average Bonchev–Trinajstić information content (AvgIpc) is 3.39. The number of aromatic nitrogens is 1. The lowest BCUT2D eigenvalue weighted by atomic mass is 10.1. The van der Waals surface area contributed by atoms with Crippen LogP contribution < -0.4 is 4.74 Å². The smallest absolute Gasteiger partial charge is 0.344 e. The molecule has 26 heavy (non-hydrogen) atoms. The third-order valence-corrected chi connectivity index (χ3v) is 4.97. The molecule has 0 amide bonds. The predicted octanol–water partition coefficient (Wildman–Crippen LogP) is 4.21. The highest BCUT2D eigenvalue weighted by atomic mass is 35.5. The summed E-state index contributed by atoms with van der Waals surface area (Å²) in [6.45, 7) is 5.25. The number of nitrogens with zero attached hydrogens (tertiary/aromatic N) is 1. The summed E-state index contributed by atoms with van der Waals surface area (Å²) in [5.41, 5.74) is 3.50. The van der Waals surface area contributed by atoms with Crippen LogP contribution in [0.5, 0.6) is 5.75 Å². The SMILES string of the molecule is Cc1cc(OCC(=O)OCC(=O)c2cc(C)n(C3CC3)c2C)ccc1Cl. The Bertz CT molecular complexity index is 852. The number of esters is 1. The van der Waals surface area contributed by atoms with Crippen LogP contribution in [0.4, 0.5) is 0 Å². The van der Waals surface area contributed by atoms with Gasteiger partial charge < -0.3 is 14.0 Å². The Labute approximate surface area is 157 Å². The Kier molecular flexibility index (Phi) is 5.37. The van der Waals surface area contributed by atoms with Crippen molar-refractivity contribution in [3.63, 3.8) is 0 Å². The summed E-state index contributed by atoms with van der Waals surface area (Å²) in [5, 5.41) is 0.634. The van der Waals surface area contributed by atoms with E-state index >= 15 is 0 Å². The molecule has 0 unspecified atom stereocenters. The van der Waals surface area contributed by atoms with E-state index < -0.39 is 5.97 Å². The molecule has 1 aromatic heterocycles. The van der Waals surface area contributed by atoms with E-state index in [0.29, 0.717) is 22.4 Å². The first kappa shape index (κ1) is 18.5. The van der Waals surface area contributed by atoms with Gasteiger partial charge in [-0.2, -0.15) is 0 Å². The maximum Gasteiger partial charge on any atom is 0.344 e. The summed E-state index contributed by atoms with van der Waals surface area (Å²) in [5.74, 6) is -0.245. The number of ether oxygens (including phenoxy) is 2. The summed E-state index contributed by atoms with van der Waals surface area (Å²) in [6, 6.07) is 7.51. The van der Waals surface area contributed by atoms with Gasteiger partial charge in [0, 0.05) is 28.0 Å². The molecule has 2 aromatic rings. The van der Waals surface area contributed by atoms with E-state index in [4.69, 9.17) is 21.1 Å². The molecule has 1 saturated carbocycles. The van der Waals surface area contributed by atoms with Gasteiger partial charge in [-0.05, 0) is 63.4 Å². The van der Waals surface area contributed by atoms with Crippen LogP contribution in [0.1, 0.15) is 46.2 Å². The molecule has 3 rings (SSSR count). The predicted molar refractivity (Wildman–Crippen MR) is 99.2 cm³/mol. The average molecular weight is 376 g/mol. The molecule has 1 aliphatic carbocycles. The Morgan fingerprint density at radius 2 is 1.88 bits per heavy atom. The largest absolute Gasteiger partial charge is 0.482 e. The minimum Gasteiger partial charge on any atom is -0.482 e. The lowest BCUT2D eigenvalue weighted by Gasteiger charge is -2.09. The van der Waals surface area contributed by atoms with Crippen molar-refractivity contribution < 1.29 is 19.1 Å². The van der Waals surface area contributed by atoms with Crippen molar-refractivity contribution in [3.8, 4) is 5.75 Å². The first-order valence-corrected chi connectivity index (χ1v) is 9.01. The van der Waals surface area contributed by atoms with Crippen molar-refractivity contribution in [1.82, 2.24) is 4.57 Å². The van der Waals surface area contributed by atoms with Gasteiger partial charge in [0.15, 0.2) is 13.2 Å². The summed E-state index contributed by atoms with van der Waals surface area (Å²) < 4.78 is 12.6. The lowest BCUT2D eigenvalue weighted by molar-refractivity contribution is -0.144. The van der Waals surface area contributed by atoms with Gasteiger partial charge in [0.25, 0.3) is 0 Å². The van der Waals surface area contributed by atoms with Crippen LogP contribution in [-0.2, 0) is 9.53 Å². The summed E-state index contributed by atoms with van der Waals surface area (Å²) in [6.07, 6.45) is 2.31. The molecule has 1 aliphatic rings. The zero-order chi connectivity index (χ0) is 18.8. The van der Waals surface area contributed by atoms with Crippen LogP contribution in [0.25, 0.3) is 0 Å². The molecule has 1 aromatic carbocycles. The second-order valence-corrected chi connectivity index (χ2v) is 7.08. The number of hydrogen-bond acceptors (Lipinski definition) is 4. The van der Waals surface area contributed by atoms with Gasteiger partial charge in [0.05, 0.1) is 0 Å². The third kappa shape index (κ3) is 4.10. The van der Waals surface area contributed by atoms with Gasteiger partial charge in [-0.25, -0.2) is 4.79 Å². The lowest BCUT2D eigenvalue weighted by Crippen LogP contribution is -2.20. The van der Waals surface area contributed by atoms with Crippen molar-refractivity contribution in [1.29, 1.82) is 0 Å². The molecule has 0 saturated heterocycles. The molecule has 0 spiro atoms. The van der Waals surface area contributed by atoms with E-state index in [0.717, 1.165) is 29.8 Å². The van der Waals surface area contributed by atoms with Crippen LogP contribution >= 0.6 is 11.6 Å². The number of rotatable bonds is 7. The van der Waals surface area contributed by atoms with Gasteiger partial charge in [0.1, 0.15) is 5.75 Å². The Balaban J connectivity index is 1.52. The molecule has 1 fully saturated rings. The highest BCUT2D eigenvalue weighted by Crippen LogP contribution is 2.38. The van der Waals surface area contributed by atoms with Crippen molar-refractivity contribution in [3.05, 3.63) is 51.8 Å². The minimum atomic E-state index is -0.582. The number of carbonyl (C=O) groups excluding carboxylic acids is 2. The van der Waals surface area contributed by atoms with Crippen molar-refractivity contribution in [2.45, 2.75) is 39.7 Å². The summed E-state index contributed by atoms with van der Waals surface area (Å²) >= 11 is 5.95. The highest BCUT2D eigenvalue weighted by molar-refractivity contribution is 6.31. The minimum absolute atomic E-state index is 0.194. The third-order valence-electron chi connectivity index (χ3n) is 4.55. The standard InChI is InChI=1S/C20H22ClNO4/c1-12-8-16(6-7-18(12)21)25-11-20(24)26-10-19(23)17-9-13(2)22(14(17)3)15-4-5-15/h6-9,15H,4-5,10-11H2,1-3H3. The molecule has 1 heterocycles. The quantitative estimate of drug-likeness (QED) is 0.537. The fourth-order valence-electron chi connectivity index (χ4n) is 3.07. The number of ketones is 1. The Morgan fingerprint density at radius 1 is 1.15 bits per heavy atom. The van der Waals surface area contributed by atoms with Crippen LogP contribution in [0.2, 0.25) is 5.02 Å². The number of Topliss-reactive ketones (excluding diaryl/α,β-unsaturated/α-hetero) is 1. The zero-order valence-electron chi connectivity index (χ0n) is 15.2. The maximum atomic E-state index is 12.4. The van der Waals surface area contributed by atoms with Crippen LogP contribution in [0, 0.1) is 20.8 Å². The molecule has 0 radical (unpaired) electrons. The molecule has 6 heteroatoms. The van der Waals surface area contributed by atoms with Gasteiger partial charge in [0.2, 0.25) is 5.78 Å². The number of carbonyl (C=O) groups is 2. The Hall–Kier alpha value is -2.27. The number of halogens is 1. The monoisotopic (exact) mass is 375 g/mol. The van der Waals surface area contributed by atoms with Crippen molar-refractivity contribution in [2.75, 3.05) is 13.2 Å². The van der Waals surface area contributed by atoms with E-state index in [2.05, 4.69) is 4.57 Å². The summed E-state index contributed by atoms with van der Waals surface area (Å²) in [7, 11) is 0. The first-order chi connectivity index (χ1) is 12.4. The molecular formula is C20H22ClNO4. The Morgan fingerprint density at radius 3 is 2.54 bits per heavy atom. The normalized spacial score (nSPS) is 13.5. The highest BCUT2D eigenvalue weighted by Gasteiger charge is 2.28. The van der Waals surface area contributed by atoms with Gasteiger partial charge >= 0.3 is 5.97 Å². The second kappa shape index (κ2) is 7.54. The van der Waals surface area contributed by atoms with E-state index in [9.17, 15) is 9.59 Å². The number of benzene rings is 1. The zero-order valence-corrected chi connectivity index (χ0v) is 15.9. The number of hydrogen-bond donors (Lipinski definition) is 0. The van der Waals surface area contributed by atoms with Gasteiger partial charge in [-0.3, -0.25) is 4.79 Å². The molecule has 0 atom stereocenters. The van der Waals surface area contributed by atoms with Gasteiger partial charge in [-0.15, -0.1) is 0 Å². The fourth-order valence-corrected chi connectivity index (χ4v) is 3.19. The molecule has 5 nitrogen and oxygen atoms in total. The fraction of sp³-hybridized carbons (Fsp3) is 0.400. The molecule has 0 N–H and O–H groups in total. The second-order valence-electron chi connectivity index (χ2n) is 6.67. The molecular weight excluding hydrogens is 354 g/mol. The van der Waals surface area contributed by atoms with Gasteiger partial charge in [-0.1, -0.05) is 11.6 Å². The van der Waals surface area contributed by atoms with E-state index in [1.54, 1.807) is 18.2 Å². The topological polar surface area (TPSA) is 57.5 Å². The van der Waals surface area contributed by atoms with E-state index in [1.807, 2.05) is 26.8 Å². The van der Waals surface area contributed by atoms with Crippen LogP contribution in [-0.4, -0.2) is 29.5 Å². The molecule has 138 valence electrons. The maximum absolute atomic E-state index is 12.4. The van der Waals surface area contributed by atoms with Crippen LogP contribution in [0.3, 0.4) is 0 Å². The number of aryl methyl sites for hydroxylation is 2. The molecule has 0 bridgehead atoms. The van der Waals surface area contributed by atoms with Crippen molar-refractivity contribution >= 4 is 23.4 Å². The summed E-state index contributed by atoms with van der Waals surface area (Å²) in [4.78, 5) is 24.2. The van der Waals surface area contributed by atoms with E-state index in [1.165, 1.54) is 0 Å². The van der Waals surface area contributed by atoms with Crippen molar-refractivity contribution in [2.24, 2.45) is 0 Å².